The monoisotopic (exact) mass is 341 g/mol. The molecule has 6 heteroatoms. The zero-order valence-corrected chi connectivity index (χ0v) is 14.8. The Bertz CT molecular complexity index is 976. The fraction of sp³-hybridized carbons (Fsp3) is 0.278. The third-order valence-electron chi connectivity index (χ3n) is 3.73. The summed E-state index contributed by atoms with van der Waals surface area (Å²) < 4.78 is 8.04. The third-order valence-corrected chi connectivity index (χ3v) is 4.77. The average Bonchev–Trinajstić information content (AvgIpc) is 3.11. The minimum absolute atomic E-state index is 0.220. The van der Waals surface area contributed by atoms with Crippen LogP contribution in [-0.2, 0) is 6.54 Å². The van der Waals surface area contributed by atoms with Crippen molar-refractivity contribution in [3.05, 3.63) is 58.7 Å². The van der Waals surface area contributed by atoms with E-state index in [9.17, 15) is 4.79 Å². The molecule has 1 aromatic carbocycles. The van der Waals surface area contributed by atoms with Gasteiger partial charge in [-0.15, -0.1) is 6.58 Å². The lowest BCUT2D eigenvalue weighted by atomic mass is 10.0. The summed E-state index contributed by atoms with van der Waals surface area (Å²) in [4.78, 5) is 17.2. The molecule has 124 valence electrons. The van der Waals surface area contributed by atoms with Crippen molar-refractivity contribution in [1.82, 2.24) is 9.72 Å². The van der Waals surface area contributed by atoms with Gasteiger partial charge < -0.3 is 9.09 Å². The minimum atomic E-state index is -0.402. The molecular weight excluding hydrogens is 322 g/mol. The second-order valence-electron chi connectivity index (χ2n) is 5.91. The Labute approximate surface area is 143 Å². The summed E-state index contributed by atoms with van der Waals surface area (Å²) in [7, 11) is 0. The predicted molar refractivity (Wildman–Crippen MR) is 95.2 cm³/mol. The van der Waals surface area contributed by atoms with Crippen LogP contribution in [0, 0.1) is 6.92 Å². The maximum Gasteiger partial charge on any atom is 0.301 e. The first-order valence-electron chi connectivity index (χ1n) is 7.76. The van der Waals surface area contributed by atoms with Crippen molar-refractivity contribution in [3.8, 4) is 0 Å². The molecule has 0 radical (unpaired) electrons. The number of fused-ring (bicyclic) bond motifs is 1. The highest BCUT2D eigenvalue weighted by Crippen LogP contribution is 2.23. The molecule has 0 bridgehead atoms. The molecule has 0 unspecified atom stereocenters. The molecule has 0 spiro atoms. The van der Waals surface area contributed by atoms with Crippen LogP contribution >= 0.6 is 11.3 Å². The molecule has 0 aliphatic rings. The van der Waals surface area contributed by atoms with Gasteiger partial charge in [-0.25, -0.2) is 0 Å². The molecule has 24 heavy (non-hydrogen) atoms. The summed E-state index contributed by atoms with van der Waals surface area (Å²) in [6.07, 6.45) is 1.80. The van der Waals surface area contributed by atoms with E-state index in [4.69, 9.17) is 4.52 Å². The lowest BCUT2D eigenvalue weighted by molar-refractivity contribution is 0.0989. The van der Waals surface area contributed by atoms with Crippen LogP contribution in [0.15, 0.2) is 46.4 Å². The number of hydrogen-bond donors (Lipinski definition) is 0. The van der Waals surface area contributed by atoms with Gasteiger partial charge in [0.25, 0.3) is 0 Å². The zero-order chi connectivity index (χ0) is 17.3. The van der Waals surface area contributed by atoms with Crippen LogP contribution in [0.5, 0.6) is 0 Å². The third kappa shape index (κ3) is 3.10. The smallest absolute Gasteiger partial charge is 0.301 e. The molecule has 5 nitrogen and oxygen atoms in total. The van der Waals surface area contributed by atoms with E-state index in [1.165, 1.54) is 16.9 Å². The number of carbonyl (C=O) groups is 1. The Hall–Kier alpha value is -2.47. The van der Waals surface area contributed by atoms with E-state index >= 15 is 0 Å². The topological polar surface area (TPSA) is 60.4 Å². The molecule has 3 rings (SSSR count). The van der Waals surface area contributed by atoms with Gasteiger partial charge in [-0.3, -0.25) is 4.79 Å². The van der Waals surface area contributed by atoms with Crippen LogP contribution in [-0.4, -0.2) is 15.6 Å². The maximum absolute atomic E-state index is 12.3. The van der Waals surface area contributed by atoms with E-state index in [0.29, 0.717) is 23.0 Å². The summed E-state index contributed by atoms with van der Waals surface area (Å²) in [6, 6.07) is 7.95. The van der Waals surface area contributed by atoms with Gasteiger partial charge in [0.1, 0.15) is 5.76 Å². The molecule has 0 atom stereocenters. The van der Waals surface area contributed by atoms with Crippen molar-refractivity contribution < 1.29 is 9.32 Å². The van der Waals surface area contributed by atoms with Crippen LogP contribution in [0.3, 0.4) is 0 Å². The molecule has 0 N–H and O–H groups in total. The van der Waals surface area contributed by atoms with Gasteiger partial charge in [-0.1, -0.05) is 42.5 Å². The van der Waals surface area contributed by atoms with Crippen LogP contribution < -0.4 is 4.80 Å². The fourth-order valence-corrected chi connectivity index (χ4v) is 3.54. The SMILES string of the molecule is C=CCn1c(=NC(=O)c2cc(C)on2)sc2cc(C(C)C)ccc21. The van der Waals surface area contributed by atoms with E-state index < -0.39 is 5.91 Å². The maximum atomic E-state index is 12.3. The van der Waals surface area contributed by atoms with E-state index in [2.05, 4.69) is 48.8 Å². The molecule has 3 aromatic rings. The second kappa shape index (κ2) is 6.57. The Kier molecular flexibility index (Phi) is 4.49. The van der Waals surface area contributed by atoms with Crippen molar-refractivity contribution in [3.63, 3.8) is 0 Å². The Balaban J connectivity index is 2.15. The molecule has 0 saturated carbocycles. The quantitative estimate of drug-likeness (QED) is 0.673. The number of benzene rings is 1. The molecule has 1 amide bonds. The number of carbonyl (C=O) groups excluding carboxylic acids is 1. The standard InChI is InChI=1S/C18H19N3O2S/c1-5-8-21-15-7-6-13(11(2)3)10-16(15)24-18(21)19-17(22)14-9-12(4)23-20-14/h5-7,9-11H,1,8H2,2-4H3. The Morgan fingerprint density at radius 2 is 2.25 bits per heavy atom. The molecule has 0 aliphatic carbocycles. The van der Waals surface area contributed by atoms with Gasteiger partial charge in [-0.2, -0.15) is 4.99 Å². The zero-order valence-electron chi connectivity index (χ0n) is 13.9. The van der Waals surface area contributed by atoms with Gasteiger partial charge in [0, 0.05) is 12.6 Å². The van der Waals surface area contributed by atoms with Crippen LogP contribution in [0.25, 0.3) is 10.2 Å². The first-order chi connectivity index (χ1) is 11.5. The minimum Gasteiger partial charge on any atom is -0.361 e. The van der Waals surface area contributed by atoms with Crippen molar-refractivity contribution >= 4 is 27.5 Å². The first-order valence-corrected chi connectivity index (χ1v) is 8.58. The summed E-state index contributed by atoms with van der Waals surface area (Å²) in [5, 5.41) is 3.74. The molecule has 2 aromatic heterocycles. The van der Waals surface area contributed by atoms with Gasteiger partial charge in [0.15, 0.2) is 10.5 Å². The first kappa shape index (κ1) is 16.4. The molecular formula is C18H19N3O2S. The van der Waals surface area contributed by atoms with Gasteiger partial charge in [0.2, 0.25) is 0 Å². The summed E-state index contributed by atoms with van der Waals surface area (Å²) in [5.74, 6) is 0.634. The lowest BCUT2D eigenvalue weighted by Crippen LogP contribution is -2.16. The largest absolute Gasteiger partial charge is 0.361 e. The van der Waals surface area contributed by atoms with Crippen LogP contribution in [0.4, 0.5) is 0 Å². The molecule has 0 fully saturated rings. The number of nitrogens with zero attached hydrogens (tertiary/aromatic N) is 3. The van der Waals surface area contributed by atoms with Crippen molar-refractivity contribution in [1.29, 1.82) is 0 Å². The highest BCUT2D eigenvalue weighted by atomic mass is 32.1. The van der Waals surface area contributed by atoms with E-state index in [-0.39, 0.29) is 5.69 Å². The highest BCUT2D eigenvalue weighted by Gasteiger charge is 2.12. The molecule has 2 heterocycles. The van der Waals surface area contributed by atoms with Crippen molar-refractivity contribution in [2.24, 2.45) is 4.99 Å². The van der Waals surface area contributed by atoms with Crippen molar-refractivity contribution in [2.75, 3.05) is 0 Å². The predicted octanol–water partition coefficient (Wildman–Crippen LogP) is 4.05. The molecule has 0 aliphatic heterocycles. The number of hydrogen-bond acceptors (Lipinski definition) is 4. The highest BCUT2D eigenvalue weighted by molar-refractivity contribution is 7.16. The lowest BCUT2D eigenvalue weighted by Gasteiger charge is -2.05. The van der Waals surface area contributed by atoms with Crippen LogP contribution in [0.1, 0.15) is 41.6 Å². The Morgan fingerprint density at radius 3 is 2.88 bits per heavy atom. The number of amides is 1. The van der Waals surface area contributed by atoms with Gasteiger partial charge in [0.05, 0.1) is 10.2 Å². The van der Waals surface area contributed by atoms with E-state index in [1.807, 2.05) is 4.57 Å². The van der Waals surface area contributed by atoms with Gasteiger partial charge >= 0.3 is 5.91 Å². The fourth-order valence-electron chi connectivity index (χ4n) is 2.45. The number of aryl methyl sites for hydroxylation is 1. The van der Waals surface area contributed by atoms with Gasteiger partial charge in [-0.05, 0) is 30.5 Å². The van der Waals surface area contributed by atoms with Crippen molar-refractivity contribution in [2.45, 2.75) is 33.2 Å². The summed E-state index contributed by atoms with van der Waals surface area (Å²) >= 11 is 1.49. The average molecular weight is 341 g/mol. The Morgan fingerprint density at radius 1 is 1.46 bits per heavy atom. The second-order valence-corrected chi connectivity index (χ2v) is 6.91. The number of rotatable bonds is 4. The summed E-state index contributed by atoms with van der Waals surface area (Å²) in [5.41, 5.74) is 2.53. The summed E-state index contributed by atoms with van der Waals surface area (Å²) in [6.45, 7) is 10.5. The normalized spacial score (nSPS) is 12.2. The number of thiazole rings is 1. The molecule has 0 saturated heterocycles. The number of aromatic nitrogens is 2. The van der Waals surface area contributed by atoms with Crippen LogP contribution in [0.2, 0.25) is 0 Å². The van der Waals surface area contributed by atoms with E-state index in [0.717, 1.165) is 10.2 Å². The number of allylic oxidation sites excluding steroid dienone is 1. The van der Waals surface area contributed by atoms with E-state index in [1.54, 1.807) is 19.1 Å².